The number of hydrogen-bond donors (Lipinski definition) is 0. The van der Waals surface area contributed by atoms with Crippen molar-refractivity contribution in [3.63, 3.8) is 0 Å². The molecule has 0 amide bonds. The van der Waals surface area contributed by atoms with E-state index in [9.17, 15) is 8.78 Å². The average Bonchev–Trinajstić information content (AvgIpc) is 3.37. The Balaban J connectivity index is 1.47. The molecule has 0 atom stereocenters. The molecule has 0 fully saturated rings. The molecule has 0 saturated heterocycles. The van der Waals surface area contributed by atoms with Gasteiger partial charge in [0.1, 0.15) is 11.6 Å². The minimum absolute atomic E-state index is 0.269. The van der Waals surface area contributed by atoms with Crippen molar-refractivity contribution in [2.24, 2.45) is 0 Å². The molecule has 6 aromatic carbocycles. The van der Waals surface area contributed by atoms with Gasteiger partial charge in [0, 0.05) is 9.79 Å². The zero-order chi connectivity index (χ0) is 27.1. The van der Waals surface area contributed by atoms with Crippen molar-refractivity contribution in [2.45, 2.75) is 16.2 Å². The van der Waals surface area contributed by atoms with Crippen LogP contribution < -0.4 is 0 Å². The van der Waals surface area contributed by atoms with Crippen molar-refractivity contribution in [3.8, 4) is 44.5 Å². The van der Waals surface area contributed by atoms with Gasteiger partial charge in [0.2, 0.25) is 0 Å². The van der Waals surface area contributed by atoms with Crippen LogP contribution in [-0.2, 0) is 6.42 Å². The van der Waals surface area contributed by atoms with E-state index in [0.29, 0.717) is 0 Å². The summed E-state index contributed by atoms with van der Waals surface area (Å²) in [5.41, 5.74) is 11.0. The highest BCUT2D eigenvalue weighted by Crippen LogP contribution is 2.50. The molecule has 1 aliphatic carbocycles. The molecule has 3 heteroatoms. The molecular formula is C37H24F2S. The topological polar surface area (TPSA) is 0 Å². The fourth-order valence-corrected chi connectivity index (χ4v) is 6.52. The van der Waals surface area contributed by atoms with Gasteiger partial charge in [-0.2, -0.15) is 0 Å². The van der Waals surface area contributed by atoms with Crippen LogP contribution in [0.1, 0.15) is 11.1 Å². The van der Waals surface area contributed by atoms with Gasteiger partial charge in [-0.25, -0.2) is 8.78 Å². The smallest absolute Gasteiger partial charge is 0.123 e. The predicted molar refractivity (Wildman–Crippen MR) is 161 cm³/mol. The first kappa shape index (κ1) is 24.6. The molecule has 40 heavy (non-hydrogen) atoms. The lowest BCUT2D eigenvalue weighted by Gasteiger charge is -2.21. The largest absolute Gasteiger partial charge is 0.207 e. The molecule has 1 aliphatic rings. The molecule has 0 radical (unpaired) electrons. The predicted octanol–water partition coefficient (Wildman–Crippen LogP) is 10.7. The van der Waals surface area contributed by atoms with E-state index in [0.717, 1.165) is 44.7 Å². The van der Waals surface area contributed by atoms with Gasteiger partial charge in [-0.3, -0.25) is 0 Å². The van der Waals surface area contributed by atoms with Gasteiger partial charge in [-0.1, -0.05) is 90.6 Å². The van der Waals surface area contributed by atoms with Crippen LogP contribution >= 0.6 is 11.8 Å². The summed E-state index contributed by atoms with van der Waals surface area (Å²) >= 11 is 1.73. The molecule has 192 valence electrons. The molecule has 0 nitrogen and oxygen atoms in total. The summed E-state index contributed by atoms with van der Waals surface area (Å²) in [6.45, 7) is 0. The minimum atomic E-state index is -0.274. The van der Waals surface area contributed by atoms with Crippen molar-refractivity contribution in [3.05, 3.63) is 156 Å². The van der Waals surface area contributed by atoms with Gasteiger partial charge >= 0.3 is 0 Å². The maximum atomic E-state index is 14.1. The molecule has 0 aliphatic heterocycles. The van der Waals surface area contributed by atoms with Crippen LogP contribution in [0, 0.1) is 11.6 Å². The van der Waals surface area contributed by atoms with Gasteiger partial charge in [-0.15, -0.1) is 0 Å². The summed E-state index contributed by atoms with van der Waals surface area (Å²) in [6.07, 6.45) is 0.791. The first-order chi connectivity index (χ1) is 19.6. The zero-order valence-electron chi connectivity index (χ0n) is 21.6. The first-order valence-electron chi connectivity index (χ1n) is 13.3. The zero-order valence-corrected chi connectivity index (χ0v) is 22.4. The Morgan fingerprint density at radius 1 is 0.450 bits per heavy atom. The highest BCUT2D eigenvalue weighted by atomic mass is 32.2. The molecule has 7 rings (SSSR count). The Morgan fingerprint density at radius 2 is 1.00 bits per heavy atom. The Hall–Kier alpha value is -4.47. The van der Waals surface area contributed by atoms with Crippen LogP contribution in [0.4, 0.5) is 8.78 Å². The van der Waals surface area contributed by atoms with Gasteiger partial charge in [0.15, 0.2) is 0 Å². The molecule has 0 aromatic heterocycles. The molecular weight excluding hydrogens is 514 g/mol. The Morgan fingerprint density at radius 3 is 1.68 bits per heavy atom. The lowest BCUT2D eigenvalue weighted by Crippen LogP contribution is -1.97. The highest BCUT2D eigenvalue weighted by Gasteiger charge is 2.27. The van der Waals surface area contributed by atoms with E-state index in [-0.39, 0.29) is 11.6 Å². The highest BCUT2D eigenvalue weighted by molar-refractivity contribution is 7.99. The van der Waals surface area contributed by atoms with Crippen LogP contribution in [0.3, 0.4) is 0 Å². The Bertz CT molecular complexity index is 1820. The van der Waals surface area contributed by atoms with Gasteiger partial charge < -0.3 is 0 Å². The Labute approximate surface area is 237 Å². The van der Waals surface area contributed by atoms with Crippen molar-refractivity contribution < 1.29 is 8.78 Å². The van der Waals surface area contributed by atoms with Gasteiger partial charge in [0.05, 0.1) is 0 Å². The summed E-state index contributed by atoms with van der Waals surface area (Å²) < 4.78 is 28.1. The van der Waals surface area contributed by atoms with E-state index in [2.05, 4.69) is 66.7 Å². The average molecular weight is 539 g/mol. The number of fused-ring (bicyclic) bond motifs is 3. The fraction of sp³-hybridized carbons (Fsp3) is 0.0270. The second kappa shape index (κ2) is 10.3. The van der Waals surface area contributed by atoms with Crippen molar-refractivity contribution in [1.82, 2.24) is 0 Å². The third-order valence-corrected chi connectivity index (χ3v) is 8.54. The molecule has 0 N–H and O–H groups in total. The molecule has 0 bridgehead atoms. The monoisotopic (exact) mass is 538 g/mol. The van der Waals surface area contributed by atoms with Crippen LogP contribution in [0.15, 0.2) is 143 Å². The van der Waals surface area contributed by atoms with Crippen LogP contribution in [0.2, 0.25) is 0 Å². The van der Waals surface area contributed by atoms with Gasteiger partial charge in [-0.05, 0) is 117 Å². The van der Waals surface area contributed by atoms with Crippen LogP contribution in [-0.4, -0.2) is 0 Å². The Kier molecular flexibility index (Phi) is 6.30. The summed E-state index contributed by atoms with van der Waals surface area (Å²) in [5, 5.41) is 0. The number of halogens is 2. The minimum Gasteiger partial charge on any atom is -0.207 e. The van der Waals surface area contributed by atoms with Crippen LogP contribution in [0.25, 0.3) is 44.5 Å². The maximum absolute atomic E-state index is 14.1. The summed E-state index contributed by atoms with van der Waals surface area (Å²) in [5.74, 6) is -0.542. The van der Waals surface area contributed by atoms with Crippen LogP contribution in [0.5, 0.6) is 0 Å². The normalized spacial score (nSPS) is 11.8. The molecule has 0 unspecified atom stereocenters. The van der Waals surface area contributed by atoms with E-state index in [4.69, 9.17) is 0 Å². The second-order valence-electron chi connectivity index (χ2n) is 9.99. The lowest BCUT2D eigenvalue weighted by molar-refractivity contribution is 0.627. The third kappa shape index (κ3) is 4.53. The summed E-state index contributed by atoms with van der Waals surface area (Å²) in [4.78, 5) is 2.35. The maximum Gasteiger partial charge on any atom is 0.123 e. The first-order valence-corrected chi connectivity index (χ1v) is 14.1. The van der Waals surface area contributed by atoms with Crippen molar-refractivity contribution in [1.29, 1.82) is 0 Å². The number of rotatable bonds is 5. The van der Waals surface area contributed by atoms with Crippen molar-refractivity contribution >= 4 is 11.8 Å². The fourth-order valence-electron chi connectivity index (χ4n) is 5.68. The standard InChI is InChI=1S/C37H24F2S/c38-28-16-10-25(11-17-28)36-33(24-14-20-31(21-15-24)40-30-7-2-1-3-8-30)23-34-32-9-5-4-6-27(32)22-35(34)37(36)26-12-18-29(39)19-13-26/h1-21,23H,22H2. The SMILES string of the molecule is Fc1ccc(-c2c(-c3ccc(Sc4ccccc4)cc3)cc3c(c2-c2ccc(F)cc2)Cc2ccccc2-3)cc1. The quantitative estimate of drug-likeness (QED) is 0.210. The third-order valence-electron chi connectivity index (χ3n) is 7.52. The molecule has 6 aromatic rings. The lowest BCUT2D eigenvalue weighted by atomic mass is 9.82. The number of hydrogen-bond acceptors (Lipinski definition) is 1. The van der Waals surface area contributed by atoms with E-state index in [1.165, 1.54) is 51.4 Å². The molecule has 0 heterocycles. The van der Waals surface area contributed by atoms with E-state index in [1.54, 1.807) is 11.8 Å². The summed E-state index contributed by atoms with van der Waals surface area (Å²) in [7, 11) is 0. The van der Waals surface area contributed by atoms with E-state index >= 15 is 0 Å². The molecule has 0 spiro atoms. The van der Waals surface area contributed by atoms with E-state index < -0.39 is 0 Å². The summed E-state index contributed by atoms with van der Waals surface area (Å²) in [6, 6.07) is 43.2. The van der Waals surface area contributed by atoms with E-state index in [1.807, 2.05) is 42.5 Å². The van der Waals surface area contributed by atoms with Crippen molar-refractivity contribution in [2.75, 3.05) is 0 Å². The second-order valence-corrected chi connectivity index (χ2v) is 11.1. The number of benzene rings is 6. The van der Waals surface area contributed by atoms with Gasteiger partial charge in [0.25, 0.3) is 0 Å². The molecule has 0 saturated carbocycles.